The van der Waals surface area contributed by atoms with Crippen molar-refractivity contribution in [2.45, 2.75) is 11.2 Å². The fraction of sp³-hybridized carbons (Fsp3) is 0.0526. The van der Waals surface area contributed by atoms with Gasteiger partial charge in [-0.05, 0) is 24.3 Å². The van der Waals surface area contributed by atoms with Crippen LogP contribution in [0.5, 0.6) is 0 Å². The second kappa shape index (κ2) is 6.34. The van der Waals surface area contributed by atoms with E-state index in [1.807, 2.05) is 0 Å². The maximum atomic E-state index is 6.92. The van der Waals surface area contributed by atoms with Gasteiger partial charge in [0.2, 0.25) is 0 Å². The molecular formula is C38H20N2O2. The molecule has 1 aliphatic carbocycles. The zero-order valence-electron chi connectivity index (χ0n) is 22.3. The molecule has 0 saturated carbocycles. The molecule has 42 heavy (non-hydrogen) atoms. The Bertz CT molecular complexity index is 2420. The molecule has 2 atom stereocenters. The standard InChI is InChI=1S/C38H20N2O2/c1-5-13-29-21(9-1)23-17-19-27-33-35(23)39(29)31-15-7-3-11-25(31)37(33)28-20-18-24-22-10-2-6-14-30(22)40-32-16-8-4-12-26(32)38(27,42-41-37)34(28)36(24)40/h1-20H. The Morgan fingerprint density at radius 1 is 0.381 bits per heavy atom. The molecule has 194 valence electrons. The van der Waals surface area contributed by atoms with Crippen molar-refractivity contribution in [2.75, 3.05) is 0 Å². The smallest absolute Gasteiger partial charge is 0.183 e. The zero-order valence-corrected chi connectivity index (χ0v) is 22.3. The lowest BCUT2D eigenvalue weighted by Crippen LogP contribution is -2.56. The Balaban J connectivity index is 1.41. The fourth-order valence-corrected chi connectivity index (χ4v) is 9.06. The molecule has 4 heteroatoms. The van der Waals surface area contributed by atoms with Gasteiger partial charge in [-0.3, -0.25) is 0 Å². The summed E-state index contributed by atoms with van der Waals surface area (Å²) in [6.45, 7) is 0. The molecule has 4 aliphatic heterocycles. The van der Waals surface area contributed by atoms with E-state index in [1.54, 1.807) is 0 Å². The van der Waals surface area contributed by atoms with Gasteiger partial charge in [0.15, 0.2) is 11.2 Å². The molecule has 13 rings (SSSR count). The van der Waals surface area contributed by atoms with Gasteiger partial charge in [0.25, 0.3) is 0 Å². The minimum atomic E-state index is -0.894. The van der Waals surface area contributed by atoms with Crippen LogP contribution in [-0.4, -0.2) is 9.13 Å². The first-order chi connectivity index (χ1) is 20.8. The first kappa shape index (κ1) is 20.7. The van der Waals surface area contributed by atoms with Crippen molar-refractivity contribution in [1.82, 2.24) is 9.13 Å². The molecule has 8 aromatic rings. The summed E-state index contributed by atoms with van der Waals surface area (Å²) >= 11 is 0. The number of benzene rings is 6. The second-order valence-electron chi connectivity index (χ2n) is 12.0. The number of para-hydroxylation sites is 4. The first-order valence-corrected chi connectivity index (χ1v) is 14.5. The van der Waals surface area contributed by atoms with Crippen LogP contribution >= 0.6 is 0 Å². The third-order valence-corrected chi connectivity index (χ3v) is 10.5. The largest absolute Gasteiger partial charge is 0.308 e. The minimum absolute atomic E-state index is 0.894. The van der Waals surface area contributed by atoms with Crippen LogP contribution < -0.4 is 0 Å². The molecule has 2 aromatic heterocycles. The van der Waals surface area contributed by atoms with Gasteiger partial charge in [0, 0.05) is 54.9 Å². The van der Waals surface area contributed by atoms with Crippen molar-refractivity contribution in [3.63, 3.8) is 0 Å². The molecule has 6 aromatic carbocycles. The summed E-state index contributed by atoms with van der Waals surface area (Å²) in [5, 5.41) is 4.99. The molecule has 4 nitrogen and oxygen atoms in total. The van der Waals surface area contributed by atoms with Crippen molar-refractivity contribution in [1.29, 1.82) is 0 Å². The number of fused-ring (bicyclic) bond motifs is 11. The highest BCUT2D eigenvalue weighted by Gasteiger charge is 2.65. The van der Waals surface area contributed by atoms with Gasteiger partial charge in [0.05, 0.1) is 33.4 Å². The van der Waals surface area contributed by atoms with Crippen LogP contribution in [0.15, 0.2) is 121 Å². The normalized spacial score (nSPS) is 21.8. The first-order valence-electron chi connectivity index (χ1n) is 14.5. The number of aromatic nitrogens is 2. The Morgan fingerprint density at radius 2 is 0.810 bits per heavy atom. The molecule has 0 amide bonds. The highest BCUT2D eigenvalue weighted by molar-refractivity contribution is 6.15. The number of rotatable bonds is 0. The highest BCUT2D eigenvalue weighted by Crippen LogP contribution is 2.68. The van der Waals surface area contributed by atoms with E-state index >= 15 is 0 Å². The van der Waals surface area contributed by atoms with Gasteiger partial charge >= 0.3 is 0 Å². The SMILES string of the molecule is c1ccc2c(c1)-n1c3ccccc3c3ccc4c(c31)C21OOC42c3ccccc3-n3c4ccccc4c4ccc1c2c43. The molecule has 2 bridgehead atoms. The lowest BCUT2D eigenvalue weighted by Gasteiger charge is -2.56. The van der Waals surface area contributed by atoms with Gasteiger partial charge in [-0.15, -0.1) is 0 Å². The number of hydrogen-bond acceptors (Lipinski definition) is 2. The van der Waals surface area contributed by atoms with Crippen molar-refractivity contribution in [3.05, 3.63) is 155 Å². The van der Waals surface area contributed by atoms with E-state index < -0.39 is 11.2 Å². The summed E-state index contributed by atoms with van der Waals surface area (Å²) in [5.41, 5.74) is 12.3. The van der Waals surface area contributed by atoms with E-state index in [4.69, 9.17) is 9.78 Å². The van der Waals surface area contributed by atoms with E-state index in [1.165, 1.54) is 65.9 Å². The van der Waals surface area contributed by atoms with E-state index in [9.17, 15) is 0 Å². The van der Waals surface area contributed by atoms with Crippen LogP contribution in [-0.2, 0) is 21.0 Å². The quantitative estimate of drug-likeness (QED) is 0.182. The summed E-state index contributed by atoms with van der Waals surface area (Å²) < 4.78 is 4.91. The lowest BCUT2D eigenvalue weighted by atomic mass is 9.60. The van der Waals surface area contributed by atoms with Crippen molar-refractivity contribution >= 4 is 43.6 Å². The molecule has 6 heterocycles. The molecule has 2 unspecified atom stereocenters. The topological polar surface area (TPSA) is 28.3 Å². The number of hydrogen-bond donors (Lipinski definition) is 0. The fourth-order valence-electron chi connectivity index (χ4n) is 9.06. The van der Waals surface area contributed by atoms with Gasteiger partial charge < -0.3 is 9.13 Å². The van der Waals surface area contributed by atoms with Crippen molar-refractivity contribution < 1.29 is 9.78 Å². The van der Waals surface area contributed by atoms with Crippen molar-refractivity contribution in [3.8, 4) is 11.4 Å². The van der Waals surface area contributed by atoms with Gasteiger partial charge in [0.1, 0.15) is 0 Å². The highest BCUT2D eigenvalue weighted by atomic mass is 17.2. The molecular weight excluding hydrogens is 516 g/mol. The Labute approximate surface area is 239 Å². The molecule has 5 aliphatic rings. The summed E-state index contributed by atoms with van der Waals surface area (Å²) in [5.74, 6) is 0. The van der Waals surface area contributed by atoms with E-state index in [0.29, 0.717) is 0 Å². The molecule has 0 N–H and O–H groups in total. The van der Waals surface area contributed by atoms with E-state index in [0.717, 1.165) is 22.5 Å². The maximum absolute atomic E-state index is 6.92. The monoisotopic (exact) mass is 536 g/mol. The third kappa shape index (κ3) is 1.83. The van der Waals surface area contributed by atoms with Gasteiger partial charge in [-0.1, -0.05) is 97.1 Å². The average molecular weight is 537 g/mol. The van der Waals surface area contributed by atoms with E-state index in [-0.39, 0.29) is 0 Å². The summed E-state index contributed by atoms with van der Waals surface area (Å²) in [6, 6.07) is 44.1. The Hall–Kier alpha value is -5.16. The van der Waals surface area contributed by atoms with Crippen LogP contribution in [0.4, 0.5) is 0 Å². The summed E-state index contributed by atoms with van der Waals surface area (Å²) in [7, 11) is 0. The van der Waals surface area contributed by atoms with Gasteiger partial charge in [-0.2, -0.15) is 0 Å². The number of nitrogens with zero attached hydrogens (tertiary/aromatic N) is 2. The lowest BCUT2D eigenvalue weighted by molar-refractivity contribution is -0.409. The van der Waals surface area contributed by atoms with Crippen LogP contribution in [0.3, 0.4) is 0 Å². The molecule has 0 radical (unpaired) electrons. The van der Waals surface area contributed by atoms with Crippen LogP contribution in [0.2, 0.25) is 0 Å². The zero-order chi connectivity index (χ0) is 26.9. The molecule has 0 fully saturated rings. The van der Waals surface area contributed by atoms with Crippen LogP contribution in [0.1, 0.15) is 33.4 Å². The summed E-state index contributed by atoms with van der Waals surface area (Å²) in [4.78, 5) is 13.8. The predicted molar refractivity (Wildman–Crippen MR) is 163 cm³/mol. The minimum Gasteiger partial charge on any atom is -0.308 e. The Morgan fingerprint density at radius 3 is 1.31 bits per heavy atom. The van der Waals surface area contributed by atoms with E-state index in [2.05, 4.69) is 130 Å². The van der Waals surface area contributed by atoms with Crippen LogP contribution in [0, 0.1) is 0 Å². The Kier molecular flexibility index (Phi) is 3.12. The predicted octanol–water partition coefficient (Wildman–Crippen LogP) is 8.37. The average Bonchev–Trinajstić information content (AvgIpc) is 3.59. The summed E-state index contributed by atoms with van der Waals surface area (Å²) in [6.07, 6.45) is 0. The van der Waals surface area contributed by atoms with Crippen LogP contribution in [0.25, 0.3) is 55.0 Å². The second-order valence-corrected chi connectivity index (χ2v) is 12.0. The third-order valence-electron chi connectivity index (χ3n) is 10.5. The molecule has 0 saturated heterocycles. The molecule has 2 spiro atoms. The van der Waals surface area contributed by atoms with Gasteiger partial charge in [-0.25, -0.2) is 9.78 Å². The van der Waals surface area contributed by atoms with Crippen molar-refractivity contribution in [2.24, 2.45) is 0 Å². The maximum Gasteiger partial charge on any atom is 0.183 e.